The maximum absolute atomic E-state index is 12.9. The molecule has 0 atom stereocenters. The number of hydrogen-bond donors (Lipinski definition) is 0. The molecule has 2 aromatic carbocycles. The molecule has 134 valence electrons. The van der Waals surface area contributed by atoms with Crippen molar-refractivity contribution in [2.24, 2.45) is 5.92 Å². The summed E-state index contributed by atoms with van der Waals surface area (Å²) in [7, 11) is 4.39. The van der Waals surface area contributed by atoms with Gasteiger partial charge in [0.15, 0.2) is 0 Å². The van der Waals surface area contributed by atoms with Crippen LogP contribution in [0.3, 0.4) is 0 Å². The van der Waals surface area contributed by atoms with Crippen LogP contribution >= 0.6 is 0 Å². The first kappa shape index (κ1) is 18.1. The van der Waals surface area contributed by atoms with E-state index in [1.807, 2.05) is 0 Å². The van der Waals surface area contributed by atoms with Gasteiger partial charge in [0.1, 0.15) is 5.82 Å². The van der Waals surface area contributed by atoms with Crippen LogP contribution in [0.25, 0.3) is 0 Å². The lowest BCUT2D eigenvalue weighted by Crippen LogP contribution is -2.44. The Morgan fingerprint density at radius 2 is 1.64 bits per heavy atom. The van der Waals surface area contributed by atoms with Crippen LogP contribution in [-0.2, 0) is 16.9 Å². The first-order chi connectivity index (χ1) is 12.1. The van der Waals surface area contributed by atoms with Gasteiger partial charge in [0.2, 0.25) is 0 Å². The summed E-state index contributed by atoms with van der Waals surface area (Å²) in [5, 5.41) is 0. The van der Waals surface area contributed by atoms with E-state index >= 15 is 0 Å². The van der Waals surface area contributed by atoms with Gasteiger partial charge in [-0.3, -0.25) is 4.90 Å². The molecule has 0 unspecified atom stereocenters. The molecule has 0 radical (unpaired) electrons. The molecule has 25 heavy (non-hydrogen) atoms. The fourth-order valence-corrected chi connectivity index (χ4v) is 3.99. The molecule has 0 bridgehead atoms. The minimum atomic E-state index is -0.197. The molecule has 2 nitrogen and oxygen atoms in total. The van der Waals surface area contributed by atoms with E-state index in [9.17, 15) is 4.39 Å². The van der Waals surface area contributed by atoms with Crippen molar-refractivity contribution < 1.29 is 9.13 Å². The highest BCUT2D eigenvalue weighted by Crippen LogP contribution is 2.43. The molecule has 2 aromatic rings. The van der Waals surface area contributed by atoms with E-state index in [-0.39, 0.29) is 11.4 Å². The molecular weight excluding hydrogens is 313 g/mol. The molecule has 3 heteroatoms. The molecule has 0 aliphatic heterocycles. The summed E-state index contributed by atoms with van der Waals surface area (Å²) in [6.07, 6.45) is 4.68. The molecule has 0 heterocycles. The van der Waals surface area contributed by atoms with Crippen molar-refractivity contribution in [2.45, 2.75) is 37.8 Å². The molecule has 3 rings (SSSR count). The average Bonchev–Trinajstić information content (AvgIpc) is 2.64. The number of hydrogen-bond acceptors (Lipinski definition) is 2. The van der Waals surface area contributed by atoms with Gasteiger partial charge in [-0.2, -0.15) is 0 Å². The minimum absolute atomic E-state index is 0.148. The maximum atomic E-state index is 12.9. The Morgan fingerprint density at radius 1 is 1.00 bits per heavy atom. The van der Waals surface area contributed by atoms with Crippen LogP contribution in [0, 0.1) is 11.7 Å². The third kappa shape index (κ3) is 4.28. The molecule has 0 amide bonds. The summed E-state index contributed by atoms with van der Waals surface area (Å²) >= 11 is 0. The summed E-state index contributed by atoms with van der Waals surface area (Å²) in [6, 6.07) is 17.4. The molecule has 1 aliphatic rings. The second-order valence-corrected chi connectivity index (χ2v) is 7.38. The predicted molar refractivity (Wildman–Crippen MR) is 99.8 cm³/mol. The third-order valence-corrected chi connectivity index (χ3v) is 5.64. The summed E-state index contributed by atoms with van der Waals surface area (Å²) in [4.78, 5) is 2.39. The standard InChI is InChI=1S/C22H28FNO/c1-24(2)22(20-6-4-3-5-7-20)14-12-19(13-15-22)17-25-16-18-8-10-21(23)11-9-18/h3-11,19H,12-17H2,1-2H3. The third-order valence-electron chi connectivity index (χ3n) is 5.64. The Hall–Kier alpha value is -1.71. The molecular formula is C22H28FNO. The Kier molecular flexibility index (Phi) is 5.87. The van der Waals surface area contributed by atoms with Crippen LogP contribution < -0.4 is 0 Å². The Labute approximate surface area is 150 Å². The Balaban J connectivity index is 1.53. The van der Waals surface area contributed by atoms with E-state index in [1.54, 1.807) is 12.1 Å². The lowest BCUT2D eigenvalue weighted by atomic mass is 9.72. The zero-order chi connectivity index (χ0) is 17.7. The van der Waals surface area contributed by atoms with Gasteiger partial charge in [0, 0.05) is 12.1 Å². The molecule has 0 saturated heterocycles. The highest BCUT2D eigenvalue weighted by atomic mass is 19.1. The van der Waals surface area contributed by atoms with Crippen molar-refractivity contribution in [3.63, 3.8) is 0 Å². The van der Waals surface area contributed by atoms with Crippen LogP contribution in [0.1, 0.15) is 36.8 Å². The van der Waals surface area contributed by atoms with Crippen molar-refractivity contribution in [3.8, 4) is 0 Å². The van der Waals surface area contributed by atoms with Gasteiger partial charge in [0.05, 0.1) is 6.61 Å². The first-order valence-electron chi connectivity index (χ1n) is 9.15. The molecule has 0 aromatic heterocycles. The highest BCUT2D eigenvalue weighted by molar-refractivity contribution is 5.25. The lowest BCUT2D eigenvalue weighted by molar-refractivity contribution is 0.0287. The van der Waals surface area contributed by atoms with E-state index < -0.39 is 0 Å². The van der Waals surface area contributed by atoms with Crippen molar-refractivity contribution in [3.05, 3.63) is 71.5 Å². The molecule has 1 aliphatic carbocycles. The van der Waals surface area contributed by atoms with Crippen molar-refractivity contribution in [2.75, 3.05) is 20.7 Å². The van der Waals surface area contributed by atoms with Gasteiger partial charge in [0.25, 0.3) is 0 Å². The average molecular weight is 341 g/mol. The number of ether oxygens (including phenoxy) is 1. The van der Waals surface area contributed by atoms with Crippen LogP contribution in [0.4, 0.5) is 4.39 Å². The van der Waals surface area contributed by atoms with E-state index in [2.05, 4.69) is 49.3 Å². The van der Waals surface area contributed by atoms with Crippen LogP contribution in [0.2, 0.25) is 0 Å². The normalized spacial score (nSPS) is 23.8. The molecule has 0 N–H and O–H groups in total. The van der Waals surface area contributed by atoms with E-state index in [0.29, 0.717) is 12.5 Å². The number of nitrogens with zero attached hydrogens (tertiary/aromatic N) is 1. The fraction of sp³-hybridized carbons (Fsp3) is 0.455. The van der Waals surface area contributed by atoms with Gasteiger partial charge < -0.3 is 4.74 Å². The number of halogens is 1. The Morgan fingerprint density at radius 3 is 2.24 bits per heavy atom. The first-order valence-corrected chi connectivity index (χ1v) is 9.15. The Bertz CT molecular complexity index is 645. The maximum Gasteiger partial charge on any atom is 0.123 e. The van der Waals surface area contributed by atoms with Crippen LogP contribution in [0.5, 0.6) is 0 Å². The number of rotatable bonds is 6. The SMILES string of the molecule is CN(C)C1(c2ccccc2)CCC(COCc2ccc(F)cc2)CC1. The largest absolute Gasteiger partial charge is 0.376 e. The van der Waals surface area contributed by atoms with Gasteiger partial charge in [-0.05, 0) is 69.0 Å². The van der Waals surface area contributed by atoms with Gasteiger partial charge in [-0.25, -0.2) is 4.39 Å². The second-order valence-electron chi connectivity index (χ2n) is 7.38. The molecule has 0 spiro atoms. The fourth-order valence-electron chi connectivity index (χ4n) is 3.99. The topological polar surface area (TPSA) is 12.5 Å². The summed E-state index contributed by atoms with van der Waals surface area (Å²) < 4.78 is 18.8. The smallest absolute Gasteiger partial charge is 0.123 e. The van der Waals surface area contributed by atoms with Crippen LogP contribution in [-0.4, -0.2) is 25.6 Å². The minimum Gasteiger partial charge on any atom is -0.376 e. The van der Waals surface area contributed by atoms with Crippen molar-refractivity contribution in [1.82, 2.24) is 4.90 Å². The predicted octanol–water partition coefficient (Wildman–Crippen LogP) is 4.99. The van der Waals surface area contributed by atoms with Crippen molar-refractivity contribution >= 4 is 0 Å². The van der Waals surface area contributed by atoms with E-state index in [4.69, 9.17) is 4.74 Å². The summed E-state index contributed by atoms with van der Waals surface area (Å²) in [6.45, 7) is 1.35. The summed E-state index contributed by atoms with van der Waals surface area (Å²) in [5.41, 5.74) is 2.60. The zero-order valence-electron chi connectivity index (χ0n) is 15.2. The number of benzene rings is 2. The van der Waals surface area contributed by atoms with Gasteiger partial charge in [-0.1, -0.05) is 42.5 Å². The second kappa shape index (κ2) is 8.11. The monoisotopic (exact) mass is 341 g/mol. The van der Waals surface area contributed by atoms with E-state index in [1.165, 1.54) is 30.5 Å². The highest BCUT2D eigenvalue weighted by Gasteiger charge is 2.38. The zero-order valence-corrected chi connectivity index (χ0v) is 15.2. The molecule has 1 saturated carbocycles. The molecule has 1 fully saturated rings. The lowest BCUT2D eigenvalue weighted by Gasteiger charge is -2.45. The van der Waals surface area contributed by atoms with E-state index in [0.717, 1.165) is 25.0 Å². The van der Waals surface area contributed by atoms with Crippen molar-refractivity contribution in [1.29, 1.82) is 0 Å². The van der Waals surface area contributed by atoms with Gasteiger partial charge >= 0.3 is 0 Å². The quantitative estimate of drug-likeness (QED) is 0.734. The van der Waals surface area contributed by atoms with Crippen LogP contribution in [0.15, 0.2) is 54.6 Å². The van der Waals surface area contributed by atoms with Gasteiger partial charge in [-0.15, -0.1) is 0 Å². The summed E-state index contributed by atoms with van der Waals surface area (Å²) in [5.74, 6) is 0.411.